The smallest absolute Gasteiger partial charge is 0.330 e. The van der Waals surface area contributed by atoms with Gasteiger partial charge in [0.25, 0.3) is 0 Å². The minimum absolute atomic E-state index is 0.0164. The number of hydrogen-bond donors (Lipinski definition) is 0. The summed E-state index contributed by atoms with van der Waals surface area (Å²) in [6.07, 6.45) is 1.20. The lowest BCUT2D eigenvalue weighted by Crippen LogP contribution is -2.46. The van der Waals surface area contributed by atoms with Crippen LogP contribution in [0.25, 0.3) is 11.1 Å². The molecule has 144 valence electrons. The Balaban J connectivity index is 1.37. The molecule has 0 aliphatic carbocycles. The molecule has 2 aromatic carbocycles. The first kappa shape index (κ1) is 18.7. The van der Waals surface area contributed by atoms with Crippen LogP contribution in [0, 0.1) is 0 Å². The maximum Gasteiger partial charge on any atom is 0.330 e. The Kier molecular flexibility index (Phi) is 4.98. The molecule has 0 N–H and O–H groups in total. The number of rotatable bonds is 5. The molecule has 0 aromatic heterocycles. The highest BCUT2D eigenvalue weighted by Crippen LogP contribution is 2.47. The van der Waals surface area contributed by atoms with Crippen LogP contribution in [0.4, 0.5) is 0 Å². The van der Waals surface area contributed by atoms with Gasteiger partial charge in [-0.1, -0.05) is 54.6 Å². The number of ketones is 1. The van der Waals surface area contributed by atoms with Gasteiger partial charge in [-0.3, -0.25) is 9.59 Å². The second-order valence-corrected chi connectivity index (χ2v) is 8.74. The quantitative estimate of drug-likeness (QED) is 0.572. The largest absolute Gasteiger partial charge is 0.456 e. The van der Waals surface area contributed by atoms with Crippen LogP contribution in [0.15, 0.2) is 54.6 Å². The van der Waals surface area contributed by atoms with Gasteiger partial charge in [0.1, 0.15) is 6.04 Å². The molecule has 28 heavy (non-hydrogen) atoms. The molecule has 2 aromatic rings. The van der Waals surface area contributed by atoms with Crippen LogP contribution in [0.3, 0.4) is 0 Å². The van der Waals surface area contributed by atoms with Crippen molar-refractivity contribution < 1.29 is 19.1 Å². The van der Waals surface area contributed by atoms with Gasteiger partial charge < -0.3 is 9.64 Å². The van der Waals surface area contributed by atoms with E-state index >= 15 is 0 Å². The van der Waals surface area contributed by atoms with Crippen LogP contribution in [0.2, 0.25) is 0 Å². The lowest BCUT2D eigenvalue weighted by atomic mass is 10.0. The fraction of sp³-hybridized carbons (Fsp3) is 0.318. The summed E-state index contributed by atoms with van der Waals surface area (Å²) < 4.78 is 5.26. The number of nitrogens with zero attached hydrogens (tertiary/aromatic N) is 1. The molecule has 2 saturated heterocycles. The summed E-state index contributed by atoms with van der Waals surface area (Å²) in [6, 6.07) is 16.5. The summed E-state index contributed by atoms with van der Waals surface area (Å²) in [7, 11) is 0. The molecule has 2 aliphatic heterocycles. The molecule has 2 atom stereocenters. The van der Waals surface area contributed by atoms with Gasteiger partial charge in [0, 0.05) is 17.7 Å². The lowest BCUT2D eigenvalue weighted by molar-refractivity contribution is -0.152. The van der Waals surface area contributed by atoms with Crippen LogP contribution in [0.1, 0.15) is 30.1 Å². The number of Topliss-reactive ketones (excluding diaryl/α,β-unsaturated/α-hetero) is 1. The van der Waals surface area contributed by atoms with Crippen molar-refractivity contribution in [2.24, 2.45) is 0 Å². The SMILES string of the molecule is C[C@]12CCC(=O)N1[C@H](C(=O)OCC(=O)c1ccc(-c3ccccc3)cc1)CS2. The Hall–Kier alpha value is -2.60. The Labute approximate surface area is 168 Å². The standard InChI is InChI=1S/C22H21NO4S/c1-22-12-11-20(25)23(22)18(14-28-22)21(26)27-13-19(24)17-9-7-16(8-10-17)15-5-3-2-4-6-15/h2-10,18H,11-14H2,1H3/t18-,22-/m0/s1. The summed E-state index contributed by atoms with van der Waals surface area (Å²) in [5.41, 5.74) is 2.59. The van der Waals surface area contributed by atoms with Gasteiger partial charge in [0.15, 0.2) is 12.4 Å². The fourth-order valence-electron chi connectivity index (χ4n) is 3.79. The molecule has 1 amide bonds. The lowest BCUT2D eigenvalue weighted by Gasteiger charge is -2.29. The van der Waals surface area contributed by atoms with Gasteiger partial charge in [0.05, 0.1) is 4.87 Å². The van der Waals surface area contributed by atoms with Gasteiger partial charge in [-0.25, -0.2) is 4.79 Å². The average molecular weight is 395 g/mol. The Bertz CT molecular complexity index is 912. The normalized spacial score (nSPS) is 23.5. The molecule has 0 unspecified atom stereocenters. The first-order valence-corrected chi connectivity index (χ1v) is 10.3. The van der Waals surface area contributed by atoms with E-state index in [9.17, 15) is 14.4 Å². The predicted molar refractivity (Wildman–Crippen MR) is 108 cm³/mol. The average Bonchev–Trinajstić information content (AvgIpc) is 3.22. The monoisotopic (exact) mass is 395 g/mol. The van der Waals surface area contributed by atoms with Gasteiger partial charge in [-0.05, 0) is 24.5 Å². The summed E-state index contributed by atoms with van der Waals surface area (Å²) in [4.78, 5) is 38.3. The maximum absolute atomic E-state index is 12.5. The van der Waals surface area contributed by atoms with Crippen LogP contribution >= 0.6 is 11.8 Å². The van der Waals surface area contributed by atoms with Crippen molar-refractivity contribution in [3.05, 3.63) is 60.2 Å². The zero-order chi connectivity index (χ0) is 19.7. The number of esters is 1. The second-order valence-electron chi connectivity index (χ2n) is 7.24. The Morgan fingerprint density at radius 1 is 1.11 bits per heavy atom. The van der Waals surface area contributed by atoms with Crippen LogP contribution in [0.5, 0.6) is 0 Å². The van der Waals surface area contributed by atoms with Gasteiger partial charge >= 0.3 is 5.97 Å². The van der Waals surface area contributed by atoms with Gasteiger partial charge in [0.2, 0.25) is 5.91 Å². The summed E-state index contributed by atoms with van der Waals surface area (Å²) in [5.74, 6) is -0.256. The number of hydrogen-bond acceptors (Lipinski definition) is 5. The molecular formula is C22H21NO4S. The van der Waals surface area contributed by atoms with E-state index in [2.05, 4.69) is 0 Å². The van der Waals surface area contributed by atoms with Crippen molar-refractivity contribution in [1.82, 2.24) is 4.90 Å². The molecule has 2 heterocycles. The fourth-order valence-corrected chi connectivity index (χ4v) is 5.21. The third-order valence-electron chi connectivity index (χ3n) is 5.38. The topological polar surface area (TPSA) is 63.7 Å². The van der Waals surface area contributed by atoms with Crippen molar-refractivity contribution in [3.8, 4) is 11.1 Å². The number of ether oxygens (including phenoxy) is 1. The van der Waals surface area contributed by atoms with E-state index in [-0.39, 0.29) is 23.2 Å². The highest BCUT2D eigenvalue weighted by atomic mass is 32.2. The van der Waals surface area contributed by atoms with E-state index in [1.807, 2.05) is 49.4 Å². The van der Waals surface area contributed by atoms with E-state index in [1.165, 1.54) is 0 Å². The zero-order valence-corrected chi connectivity index (χ0v) is 16.4. The summed E-state index contributed by atoms with van der Waals surface area (Å²) in [5, 5.41) is 0. The van der Waals surface area contributed by atoms with Crippen molar-refractivity contribution in [3.63, 3.8) is 0 Å². The molecule has 0 saturated carbocycles. The minimum atomic E-state index is -0.599. The maximum atomic E-state index is 12.5. The Morgan fingerprint density at radius 2 is 1.79 bits per heavy atom. The number of amides is 1. The van der Waals surface area contributed by atoms with Gasteiger partial charge in [-0.15, -0.1) is 11.8 Å². The van der Waals surface area contributed by atoms with Crippen LogP contribution in [-0.4, -0.2) is 45.8 Å². The van der Waals surface area contributed by atoms with Crippen molar-refractivity contribution in [1.29, 1.82) is 0 Å². The van der Waals surface area contributed by atoms with Crippen molar-refractivity contribution in [2.45, 2.75) is 30.7 Å². The van der Waals surface area contributed by atoms with Crippen molar-refractivity contribution in [2.75, 3.05) is 12.4 Å². The van der Waals surface area contributed by atoms with Crippen LogP contribution < -0.4 is 0 Å². The summed E-state index contributed by atoms with van der Waals surface area (Å²) >= 11 is 1.60. The number of carbonyl (C=O) groups is 3. The Morgan fingerprint density at radius 3 is 2.50 bits per heavy atom. The first-order valence-electron chi connectivity index (χ1n) is 9.29. The molecule has 0 radical (unpaired) electrons. The predicted octanol–water partition coefficient (Wildman–Crippen LogP) is 3.53. The highest BCUT2D eigenvalue weighted by Gasteiger charge is 2.53. The molecule has 0 bridgehead atoms. The molecule has 0 spiro atoms. The van der Waals surface area contributed by atoms with E-state index in [1.54, 1.807) is 28.8 Å². The van der Waals surface area contributed by atoms with E-state index < -0.39 is 12.0 Å². The second kappa shape index (κ2) is 7.43. The molecule has 2 aliphatic rings. The zero-order valence-electron chi connectivity index (χ0n) is 15.6. The molecule has 5 nitrogen and oxygen atoms in total. The molecule has 4 rings (SSSR count). The molecule has 2 fully saturated rings. The number of thioether (sulfide) groups is 1. The summed E-state index contributed by atoms with van der Waals surface area (Å²) in [6.45, 7) is 1.67. The van der Waals surface area contributed by atoms with E-state index in [0.717, 1.165) is 17.5 Å². The first-order chi connectivity index (χ1) is 13.5. The number of carbonyl (C=O) groups excluding carboxylic acids is 3. The third-order valence-corrected chi connectivity index (χ3v) is 6.88. The molecule has 6 heteroatoms. The van der Waals surface area contributed by atoms with Gasteiger partial charge in [-0.2, -0.15) is 0 Å². The molecular weight excluding hydrogens is 374 g/mol. The van der Waals surface area contributed by atoms with E-state index in [0.29, 0.717) is 17.7 Å². The van der Waals surface area contributed by atoms with Crippen molar-refractivity contribution >= 4 is 29.4 Å². The minimum Gasteiger partial charge on any atom is -0.456 e. The third kappa shape index (κ3) is 3.44. The number of fused-ring (bicyclic) bond motifs is 1. The highest BCUT2D eigenvalue weighted by molar-refractivity contribution is 8.01. The number of benzene rings is 2. The van der Waals surface area contributed by atoms with Crippen LogP contribution in [-0.2, 0) is 14.3 Å². The van der Waals surface area contributed by atoms with E-state index in [4.69, 9.17) is 4.74 Å².